The van der Waals surface area contributed by atoms with Crippen LogP contribution < -0.4 is 0 Å². The first-order valence-corrected chi connectivity index (χ1v) is 7.52. The number of hydrogen-bond acceptors (Lipinski definition) is 6. The number of benzene rings is 1. The van der Waals surface area contributed by atoms with Crippen LogP contribution in [0.15, 0.2) is 24.3 Å². The van der Waals surface area contributed by atoms with Gasteiger partial charge in [0.25, 0.3) is 11.8 Å². The Balaban J connectivity index is 1.72. The van der Waals surface area contributed by atoms with Crippen LogP contribution in [-0.4, -0.2) is 58.8 Å². The van der Waals surface area contributed by atoms with Gasteiger partial charge in [-0.15, -0.1) is 0 Å². The lowest BCUT2D eigenvalue weighted by Crippen LogP contribution is -2.52. The minimum Gasteiger partial charge on any atom is -0.394 e. The highest BCUT2D eigenvalue weighted by molar-refractivity contribution is 6.21. The lowest BCUT2D eigenvalue weighted by atomic mass is 10.1. The second kappa shape index (κ2) is 4.85. The van der Waals surface area contributed by atoms with E-state index in [2.05, 4.69) is 0 Å². The largest absolute Gasteiger partial charge is 0.394 e. The SMILES string of the molecule is CC1(C)O[C@H]2O[C@@H](CO)[C@H](N3C(=O)c4ccccc4C3=O)[C@H]2O1. The van der Waals surface area contributed by atoms with Gasteiger partial charge in [0.05, 0.1) is 17.7 Å². The number of amides is 2. The van der Waals surface area contributed by atoms with Crippen LogP contribution in [-0.2, 0) is 14.2 Å². The normalized spacial score (nSPS) is 34.8. The summed E-state index contributed by atoms with van der Waals surface area (Å²) in [5.41, 5.74) is 0.714. The summed E-state index contributed by atoms with van der Waals surface area (Å²) in [6.45, 7) is 3.14. The molecule has 7 heteroatoms. The first-order valence-electron chi connectivity index (χ1n) is 7.52. The van der Waals surface area contributed by atoms with Crippen molar-refractivity contribution in [3.63, 3.8) is 0 Å². The molecule has 3 aliphatic rings. The van der Waals surface area contributed by atoms with Gasteiger partial charge in [-0.25, -0.2) is 0 Å². The molecule has 0 aromatic heterocycles. The van der Waals surface area contributed by atoms with Crippen LogP contribution >= 0.6 is 0 Å². The molecule has 1 N–H and O–H groups in total. The summed E-state index contributed by atoms with van der Waals surface area (Å²) in [6.07, 6.45) is -2.07. The van der Waals surface area contributed by atoms with Gasteiger partial charge in [-0.1, -0.05) is 12.1 Å². The molecule has 3 aliphatic heterocycles. The third kappa shape index (κ3) is 2.05. The van der Waals surface area contributed by atoms with Gasteiger partial charge < -0.3 is 19.3 Å². The third-order valence-corrected chi connectivity index (χ3v) is 4.42. The lowest BCUT2D eigenvalue weighted by Gasteiger charge is -2.30. The molecule has 0 unspecified atom stereocenters. The number of aliphatic hydroxyl groups excluding tert-OH is 1. The van der Waals surface area contributed by atoms with Crippen molar-refractivity contribution in [1.29, 1.82) is 0 Å². The van der Waals surface area contributed by atoms with Crippen LogP contribution in [0.5, 0.6) is 0 Å². The number of ether oxygens (including phenoxy) is 3. The minimum absolute atomic E-state index is 0.335. The number of nitrogens with zero attached hydrogens (tertiary/aromatic N) is 1. The Labute approximate surface area is 132 Å². The van der Waals surface area contributed by atoms with Gasteiger partial charge in [0, 0.05) is 0 Å². The average Bonchev–Trinajstić information content (AvgIpc) is 3.07. The Morgan fingerprint density at radius 1 is 1.13 bits per heavy atom. The molecule has 2 fully saturated rings. The number of carbonyl (C=O) groups is 2. The van der Waals surface area contributed by atoms with Gasteiger partial charge in [-0.2, -0.15) is 0 Å². The Kier molecular flexibility index (Phi) is 3.11. The van der Waals surface area contributed by atoms with E-state index in [1.165, 1.54) is 0 Å². The van der Waals surface area contributed by atoms with Crippen LogP contribution in [0.2, 0.25) is 0 Å². The van der Waals surface area contributed by atoms with Crippen molar-refractivity contribution in [2.45, 2.75) is 44.2 Å². The van der Waals surface area contributed by atoms with Crippen LogP contribution in [0.3, 0.4) is 0 Å². The lowest BCUT2D eigenvalue weighted by molar-refractivity contribution is -0.212. The maximum absolute atomic E-state index is 12.7. The first-order chi connectivity index (χ1) is 10.9. The summed E-state index contributed by atoms with van der Waals surface area (Å²) < 4.78 is 17.1. The molecule has 3 heterocycles. The van der Waals surface area contributed by atoms with Gasteiger partial charge in [-0.05, 0) is 26.0 Å². The fourth-order valence-corrected chi connectivity index (χ4v) is 3.50. The van der Waals surface area contributed by atoms with E-state index in [0.29, 0.717) is 11.1 Å². The molecular weight excluding hydrogens is 302 g/mol. The maximum atomic E-state index is 12.7. The monoisotopic (exact) mass is 319 g/mol. The van der Waals surface area contributed by atoms with Gasteiger partial charge in [-0.3, -0.25) is 14.5 Å². The van der Waals surface area contributed by atoms with Crippen molar-refractivity contribution in [2.75, 3.05) is 6.61 Å². The van der Waals surface area contributed by atoms with E-state index < -0.39 is 42.1 Å². The van der Waals surface area contributed by atoms with Crippen molar-refractivity contribution >= 4 is 11.8 Å². The second-order valence-electron chi connectivity index (χ2n) is 6.34. The average molecular weight is 319 g/mol. The predicted octanol–water partition coefficient (Wildman–Crippen LogP) is 0.520. The zero-order valence-electron chi connectivity index (χ0n) is 12.8. The van der Waals surface area contributed by atoms with E-state index in [1.807, 2.05) is 0 Å². The molecule has 2 amide bonds. The molecule has 7 nitrogen and oxygen atoms in total. The number of aliphatic hydroxyl groups is 1. The summed E-state index contributed by atoms with van der Waals surface area (Å²) in [6, 6.07) is 5.94. The molecule has 122 valence electrons. The smallest absolute Gasteiger partial charge is 0.261 e. The van der Waals surface area contributed by atoms with E-state index in [-0.39, 0.29) is 6.61 Å². The predicted molar refractivity (Wildman–Crippen MR) is 76.5 cm³/mol. The number of fused-ring (bicyclic) bond motifs is 2. The molecule has 1 aromatic rings. The molecule has 4 rings (SSSR count). The summed E-state index contributed by atoms with van der Waals surface area (Å²) in [7, 11) is 0. The fourth-order valence-electron chi connectivity index (χ4n) is 3.50. The van der Waals surface area contributed by atoms with Gasteiger partial charge >= 0.3 is 0 Å². The molecule has 1 aromatic carbocycles. The quantitative estimate of drug-likeness (QED) is 0.800. The Morgan fingerprint density at radius 2 is 1.74 bits per heavy atom. The minimum atomic E-state index is -0.868. The molecular formula is C16H17NO6. The van der Waals surface area contributed by atoms with Crippen LogP contribution in [0.25, 0.3) is 0 Å². The van der Waals surface area contributed by atoms with Gasteiger partial charge in [0.15, 0.2) is 12.1 Å². The molecule has 0 radical (unpaired) electrons. The Hall–Kier alpha value is -1.80. The molecule has 4 atom stereocenters. The van der Waals surface area contributed by atoms with E-state index >= 15 is 0 Å². The molecule has 0 aliphatic carbocycles. The molecule has 0 saturated carbocycles. The first kappa shape index (κ1) is 14.8. The van der Waals surface area contributed by atoms with Crippen molar-refractivity contribution in [1.82, 2.24) is 4.90 Å². The van der Waals surface area contributed by atoms with Crippen LogP contribution in [0.1, 0.15) is 34.6 Å². The molecule has 0 spiro atoms. The van der Waals surface area contributed by atoms with Crippen molar-refractivity contribution in [3.05, 3.63) is 35.4 Å². The third-order valence-electron chi connectivity index (χ3n) is 4.42. The van der Waals surface area contributed by atoms with Crippen LogP contribution in [0, 0.1) is 0 Å². The zero-order chi connectivity index (χ0) is 16.4. The van der Waals surface area contributed by atoms with E-state index in [9.17, 15) is 14.7 Å². The van der Waals surface area contributed by atoms with E-state index in [1.54, 1.807) is 38.1 Å². The summed E-state index contributed by atoms with van der Waals surface area (Å²) in [5, 5.41) is 9.59. The van der Waals surface area contributed by atoms with Crippen molar-refractivity contribution in [2.24, 2.45) is 0 Å². The maximum Gasteiger partial charge on any atom is 0.261 e. The topological polar surface area (TPSA) is 85.3 Å². The highest BCUT2D eigenvalue weighted by atomic mass is 16.8. The van der Waals surface area contributed by atoms with E-state index in [4.69, 9.17) is 14.2 Å². The summed E-state index contributed by atoms with van der Waals surface area (Å²) >= 11 is 0. The Morgan fingerprint density at radius 3 is 2.30 bits per heavy atom. The van der Waals surface area contributed by atoms with E-state index in [0.717, 1.165) is 4.90 Å². The van der Waals surface area contributed by atoms with Gasteiger partial charge in [0.1, 0.15) is 18.2 Å². The van der Waals surface area contributed by atoms with Crippen molar-refractivity contribution in [3.8, 4) is 0 Å². The standard InChI is InChI=1S/C16H17NO6/c1-16(2)22-12-11(10(7-18)21-15(12)23-16)17-13(19)8-5-3-4-6-9(8)14(17)20/h3-6,10-12,15,18H,7H2,1-2H3/t10-,11-,12+,15+/m0/s1. The molecule has 0 bridgehead atoms. The number of carbonyl (C=O) groups excluding carboxylic acids is 2. The molecule has 23 heavy (non-hydrogen) atoms. The van der Waals surface area contributed by atoms with Gasteiger partial charge in [0.2, 0.25) is 0 Å². The second-order valence-corrected chi connectivity index (χ2v) is 6.34. The highest BCUT2D eigenvalue weighted by Gasteiger charge is 2.59. The molecule has 2 saturated heterocycles. The van der Waals surface area contributed by atoms with Crippen LogP contribution in [0.4, 0.5) is 0 Å². The number of rotatable bonds is 2. The Bertz CT molecular complexity index is 652. The number of imide groups is 1. The number of hydrogen-bond donors (Lipinski definition) is 1. The highest BCUT2D eigenvalue weighted by Crippen LogP contribution is 2.41. The summed E-state index contributed by atoms with van der Waals surface area (Å²) in [5.74, 6) is -1.66. The van der Waals surface area contributed by atoms with Crippen molar-refractivity contribution < 1.29 is 28.9 Å². The summed E-state index contributed by atoms with van der Waals surface area (Å²) in [4.78, 5) is 26.5. The fraction of sp³-hybridized carbons (Fsp3) is 0.500. The zero-order valence-corrected chi connectivity index (χ0v) is 12.8.